The molecule has 0 saturated carbocycles. The second-order valence-electron chi connectivity index (χ2n) is 5.39. The Labute approximate surface area is 145 Å². The Morgan fingerprint density at radius 1 is 1.00 bits per heavy atom. The number of ether oxygens (including phenoxy) is 2. The van der Waals surface area contributed by atoms with E-state index in [1.54, 1.807) is 30.3 Å². The number of hydrogen-bond acceptors (Lipinski definition) is 6. The fourth-order valence-electron chi connectivity index (χ4n) is 2.40. The van der Waals surface area contributed by atoms with Crippen LogP contribution in [-0.2, 0) is 6.18 Å². The van der Waals surface area contributed by atoms with Gasteiger partial charge in [0.1, 0.15) is 5.82 Å². The predicted molar refractivity (Wildman–Crippen MR) is 86.1 cm³/mol. The quantitative estimate of drug-likeness (QED) is 0.761. The van der Waals surface area contributed by atoms with Crippen molar-refractivity contribution in [2.75, 3.05) is 12.1 Å². The van der Waals surface area contributed by atoms with Crippen molar-refractivity contribution in [2.24, 2.45) is 0 Å². The SMILES string of the molecule is FC(F)(F)c1cc(Nc2ccc3c(c2)OCO3)nc(-c2cccnc2)n1. The molecule has 1 aliphatic rings. The molecule has 1 aliphatic heterocycles. The van der Waals surface area contributed by atoms with Crippen LogP contribution >= 0.6 is 0 Å². The summed E-state index contributed by atoms with van der Waals surface area (Å²) in [6.07, 6.45) is -1.69. The normalized spacial score (nSPS) is 12.9. The first kappa shape index (κ1) is 16.1. The lowest BCUT2D eigenvalue weighted by Crippen LogP contribution is -2.11. The van der Waals surface area contributed by atoms with Crippen molar-refractivity contribution in [1.29, 1.82) is 0 Å². The molecule has 0 atom stereocenters. The van der Waals surface area contributed by atoms with E-state index in [-0.39, 0.29) is 18.4 Å². The van der Waals surface area contributed by atoms with Crippen molar-refractivity contribution in [2.45, 2.75) is 6.18 Å². The molecule has 0 spiro atoms. The van der Waals surface area contributed by atoms with Crippen molar-refractivity contribution in [3.05, 3.63) is 54.5 Å². The van der Waals surface area contributed by atoms with Gasteiger partial charge in [-0.1, -0.05) is 0 Å². The van der Waals surface area contributed by atoms with Gasteiger partial charge < -0.3 is 14.8 Å². The first-order valence-electron chi connectivity index (χ1n) is 7.52. The Balaban J connectivity index is 1.73. The fourth-order valence-corrected chi connectivity index (χ4v) is 2.40. The predicted octanol–water partition coefficient (Wildman–Crippen LogP) is 4.03. The summed E-state index contributed by atoms with van der Waals surface area (Å²) in [5.41, 5.74) is -0.153. The molecule has 1 N–H and O–H groups in total. The van der Waals surface area contributed by atoms with Crippen LogP contribution in [0.5, 0.6) is 11.5 Å². The van der Waals surface area contributed by atoms with Gasteiger partial charge in [0.2, 0.25) is 6.79 Å². The summed E-state index contributed by atoms with van der Waals surface area (Å²) in [5, 5.41) is 2.85. The number of alkyl halides is 3. The zero-order chi connectivity index (χ0) is 18.1. The molecular weight excluding hydrogens is 349 g/mol. The monoisotopic (exact) mass is 360 g/mol. The van der Waals surface area contributed by atoms with Crippen molar-refractivity contribution >= 4 is 11.5 Å². The lowest BCUT2D eigenvalue weighted by Gasteiger charge is -2.12. The number of fused-ring (bicyclic) bond motifs is 1. The van der Waals surface area contributed by atoms with Crippen LogP contribution in [0.25, 0.3) is 11.4 Å². The number of rotatable bonds is 3. The minimum absolute atomic E-state index is 0.00467. The number of halogens is 3. The van der Waals surface area contributed by atoms with Crippen molar-refractivity contribution in [1.82, 2.24) is 15.0 Å². The first-order valence-corrected chi connectivity index (χ1v) is 7.52. The number of nitrogens with zero attached hydrogens (tertiary/aromatic N) is 3. The van der Waals surface area contributed by atoms with E-state index in [1.165, 1.54) is 12.4 Å². The van der Waals surface area contributed by atoms with Crippen LogP contribution in [0.2, 0.25) is 0 Å². The topological polar surface area (TPSA) is 69.2 Å². The van der Waals surface area contributed by atoms with Crippen molar-refractivity contribution < 1.29 is 22.6 Å². The van der Waals surface area contributed by atoms with Crippen LogP contribution in [0.1, 0.15) is 5.69 Å². The molecule has 2 aromatic heterocycles. The minimum Gasteiger partial charge on any atom is -0.454 e. The number of nitrogens with one attached hydrogen (secondary N) is 1. The molecule has 9 heteroatoms. The second kappa shape index (κ2) is 6.17. The van der Waals surface area contributed by atoms with E-state index in [9.17, 15) is 13.2 Å². The summed E-state index contributed by atoms with van der Waals surface area (Å²) in [6.45, 7) is 0.107. The molecule has 0 fully saturated rings. The maximum Gasteiger partial charge on any atom is 0.433 e. The van der Waals surface area contributed by atoms with Gasteiger partial charge in [-0.2, -0.15) is 13.2 Å². The van der Waals surface area contributed by atoms with Gasteiger partial charge in [-0.25, -0.2) is 9.97 Å². The lowest BCUT2D eigenvalue weighted by atomic mass is 10.2. The average molecular weight is 360 g/mol. The summed E-state index contributed by atoms with van der Waals surface area (Å²) in [6, 6.07) is 8.99. The highest BCUT2D eigenvalue weighted by Crippen LogP contribution is 2.36. The maximum atomic E-state index is 13.2. The molecule has 0 amide bonds. The van der Waals surface area contributed by atoms with Crippen molar-refractivity contribution in [3.8, 4) is 22.9 Å². The Morgan fingerprint density at radius 2 is 1.85 bits per heavy atom. The highest BCUT2D eigenvalue weighted by Gasteiger charge is 2.34. The minimum atomic E-state index is -4.61. The zero-order valence-corrected chi connectivity index (χ0v) is 13.1. The zero-order valence-electron chi connectivity index (χ0n) is 13.1. The largest absolute Gasteiger partial charge is 0.454 e. The van der Waals surface area contributed by atoms with E-state index >= 15 is 0 Å². The van der Waals surface area contributed by atoms with Crippen LogP contribution in [0.15, 0.2) is 48.8 Å². The molecule has 3 heterocycles. The Bertz CT molecular complexity index is 948. The Hall–Kier alpha value is -3.36. The molecule has 132 valence electrons. The second-order valence-corrected chi connectivity index (χ2v) is 5.39. The summed E-state index contributed by atoms with van der Waals surface area (Å²) in [4.78, 5) is 11.7. The van der Waals surface area contributed by atoms with E-state index in [2.05, 4.69) is 20.3 Å². The van der Waals surface area contributed by atoms with E-state index < -0.39 is 11.9 Å². The molecule has 0 saturated heterocycles. The highest BCUT2D eigenvalue weighted by atomic mass is 19.4. The molecule has 0 radical (unpaired) electrons. The van der Waals surface area contributed by atoms with Crippen LogP contribution in [-0.4, -0.2) is 21.7 Å². The van der Waals surface area contributed by atoms with Crippen LogP contribution in [0.3, 0.4) is 0 Å². The van der Waals surface area contributed by atoms with Gasteiger partial charge in [0.05, 0.1) is 0 Å². The van der Waals surface area contributed by atoms with Gasteiger partial charge in [-0.15, -0.1) is 0 Å². The van der Waals surface area contributed by atoms with Crippen LogP contribution < -0.4 is 14.8 Å². The van der Waals surface area contributed by atoms with E-state index in [0.717, 1.165) is 6.07 Å². The summed E-state index contributed by atoms with van der Waals surface area (Å²) in [7, 11) is 0. The Kier molecular flexibility index (Phi) is 3.83. The summed E-state index contributed by atoms with van der Waals surface area (Å²) < 4.78 is 50.1. The number of benzene rings is 1. The molecule has 6 nitrogen and oxygen atoms in total. The molecule has 4 rings (SSSR count). The fraction of sp³-hybridized carbons (Fsp3) is 0.118. The molecule has 0 bridgehead atoms. The van der Waals surface area contributed by atoms with Gasteiger partial charge in [-0.05, 0) is 24.3 Å². The van der Waals surface area contributed by atoms with E-state index in [1.807, 2.05) is 0 Å². The number of hydrogen-bond donors (Lipinski definition) is 1. The Morgan fingerprint density at radius 3 is 2.62 bits per heavy atom. The third-order valence-electron chi connectivity index (χ3n) is 3.58. The van der Waals surface area contributed by atoms with Gasteiger partial charge in [0, 0.05) is 35.8 Å². The highest BCUT2D eigenvalue weighted by molar-refractivity contribution is 5.64. The molecule has 0 unspecified atom stereocenters. The lowest BCUT2D eigenvalue weighted by molar-refractivity contribution is -0.141. The number of aromatic nitrogens is 3. The molecule has 1 aromatic carbocycles. The standard InChI is InChI=1S/C17H11F3N4O2/c18-17(19,20)14-7-15(24-16(23-14)10-2-1-5-21-8-10)22-11-3-4-12-13(6-11)26-9-25-12/h1-8H,9H2,(H,22,23,24). The van der Waals surface area contributed by atoms with Crippen molar-refractivity contribution in [3.63, 3.8) is 0 Å². The molecule has 26 heavy (non-hydrogen) atoms. The molecule has 0 aliphatic carbocycles. The van der Waals surface area contributed by atoms with Gasteiger partial charge in [0.15, 0.2) is 23.0 Å². The maximum absolute atomic E-state index is 13.2. The number of anilines is 2. The van der Waals surface area contributed by atoms with E-state index in [4.69, 9.17) is 9.47 Å². The third kappa shape index (κ3) is 3.23. The molecule has 3 aromatic rings. The average Bonchev–Trinajstić information content (AvgIpc) is 3.09. The number of pyridine rings is 1. The van der Waals surface area contributed by atoms with E-state index in [0.29, 0.717) is 22.7 Å². The third-order valence-corrected chi connectivity index (χ3v) is 3.58. The van der Waals surface area contributed by atoms with Gasteiger partial charge >= 0.3 is 6.18 Å². The van der Waals surface area contributed by atoms with Gasteiger partial charge in [-0.3, -0.25) is 4.98 Å². The summed E-state index contributed by atoms with van der Waals surface area (Å²) >= 11 is 0. The van der Waals surface area contributed by atoms with Crippen LogP contribution in [0.4, 0.5) is 24.7 Å². The first-order chi connectivity index (χ1) is 12.5. The smallest absolute Gasteiger partial charge is 0.433 e. The van der Waals surface area contributed by atoms with Gasteiger partial charge in [0.25, 0.3) is 0 Å². The summed E-state index contributed by atoms with van der Waals surface area (Å²) in [5.74, 6) is 1.01. The molecular formula is C17H11F3N4O2. The van der Waals surface area contributed by atoms with Crippen LogP contribution in [0, 0.1) is 0 Å².